The summed E-state index contributed by atoms with van der Waals surface area (Å²) in [7, 11) is 0. The minimum Gasteiger partial charge on any atom is -0.504 e. The summed E-state index contributed by atoms with van der Waals surface area (Å²) >= 11 is 0. The van der Waals surface area contributed by atoms with Crippen LogP contribution in [-0.4, -0.2) is 17.5 Å². The summed E-state index contributed by atoms with van der Waals surface area (Å²) in [5.41, 5.74) is 1.09. The van der Waals surface area contributed by atoms with Gasteiger partial charge >= 0.3 is 0 Å². The van der Waals surface area contributed by atoms with Crippen LogP contribution in [0.5, 0.6) is 11.5 Å². The zero-order valence-electron chi connectivity index (χ0n) is 12.1. The van der Waals surface area contributed by atoms with Crippen molar-refractivity contribution in [3.05, 3.63) is 23.8 Å². The van der Waals surface area contributed by atoms with Crippen molar-refractivity contribution in [3.8, 4) is 11.5 Å². The van der Waals surface area contributed by atoms with Crippen molar-refractivity contribution in [2.75, 3.05) is 6.61 Å². The number of aryl methyl sites for hydroxylation is 1. The lowest BCUT2D eigenvalue weighted by Crippen LogP contribution is -2.07. The van der Waals surface area contributed by atoms with Crippen LogP contribution in [0.25, 0.3) is 0 Å². The number of rotatable bonds is 8. The molecule has 106 valence electrons. The van der Waals surface area contributed by atoms with Gasteiger partial charge in [0.2, 0.25) is 0 Å². The van der Waals surface area contributed by atoms with Crippen molar-refractivity contribution in [1.29, 1.82) is 0 Å². The van der Waals surface area contributed by atoms with Crippen molar-refractivity contribution >= 4 is 5.78 Å². The molecule has 3 nitrogen and oxygen atoms in total. The highest BCUT2D eigenvalue weighted by atomic mass is 16.5. The molecule has 19 heavy (non-hydrogen) atoms. The summed E-state index contributed by atoms with van der Waals surface area (Å²) in [6, 6.07) is 5.42. The molecule has 1 aromatic rings. The summed E-state index contributed by atoms with van der Waals surface area (Å²) in [5, 5.41) is 9.72. The average molecular weight is 264 g/mol. The molecular weight excluding hydrogens is 240 g/mol. The molecule has 0 bridgehead atoms. The van der Waals surface area contributed by atoms with E-state index in [9.17, 15) is 9.90 Å². The fourth-order valence-corrected chi connectivity index (χ4v) is 1.74. The molecule has 0 fully saturated rings. The van der Waals surface area contributed by atoms with E-state index in [1.54, 1.807) is 13.0 Å². The summed E-state index contributed by atoms with van der Waals surface area (Å²) in [6.07, 6.45) is 3.70. The number of benzene rings is 1. The van der Waals surface area contributed by atoms with Crippen molar-refractivity contribution in [3.63, 3.8) is 0 Å². The highest BCUT2D eigenvalue weighted by Gasteiger charge is 2.09. The molecule has 0 spiro atoms. The second-order valence-electron chi connectivity index (χ2n) is 5.05. The quantitative estimate of drug-likeness (QED) is 0.728. The van der Waals surface area contributed by atoms with E-state index in [2.05, 4.69) is 6.92 Å². The molecule has 0 saturated heterocycles. The molecule has 0 unspecified atom stereocenters. The van der Waals surface area contributed by atoms with Gasteiger partial charge in [0.1, 0.15) is 5.78 Å². The molecule has 0 amide bonds. The first-order valence-corrected chi connectivity index (χ1v) is 6.99. The van der Waals surface area contributed by atoms with Gasteiger partial charge in [-0.25, -0.2) is 0 Å². The Morgan fingerprint density at radius 2 is 2.16 bits per heavy atom. The van der Waals surface area contributed by atoms with E-state index >= 15 is 0 Å². The molecule has 1 rings (SSSR count). The number of ketones is 1. The smallest absolute Gasteiger partial charge is 0.161 e. The van der Waals surface area contributed by atoms with Gasteiger partial charge in [-0.3, -0.25) is 4.79 Å². The molecule has 0 heterocycles. The maximum Gasteiger partial charge on any atom is 0.161 e. The van der Waals surface area contributed by atoms with E-state index in [0.717, 1.165) is 31.2 Å². The van der Waals surface area contributed by atoms with Gasteiger partial charge in [-0.05, 0) is 43.9 Å². The highest BCUT2D eigenvalue weighted by Crippen LogP contribution is 2.28. The summed E-state index contributed by atoms with van der Waals surface area (Å²) < 4.78 is 5.56. The third kappa shape index (κ3) is 5.33. The van der Waals surface area contributed by atoms with Crippen LogP contribution in [0, 0.1) is 5.92 Å². The molecule has 0 aliphatic rings. The number of aromatic hydroxyl groups is 1. The fourth-order valence-electron chi connectivity index (χ4n) is 1.74. The lowest BCUT2D eigenvalue weighted by atomic mass is 9.98. The Morgan fingerprint density at radius 3 is 2.79 bits per heavy atom. The number of Topliss-reactive ketones (excluding diaryl/α,β-unsaturated/α-hetero) is 1. The summed E-state index contributed by atoms with van der Waals surface area (Å²) in [5.74, 6) is 1.03. The molecular formula is C16H24O3. The Balaban J connectivity index is 2.59. The van der Waals surface area contributed by atoms with Gasteiger partial charge in [0, 0.05) is 5.92 Å². The SMILES string of the molecule is CCCCOc1cc(CC[C@H](C)C(C)=O)ccc1O. The van der Waals surface area contributed by atoms with Gasteiger partial charge in [0.05, 0.1) is 6.61 Å². The van der Waals surface area contributed by atoms with Crippen LogP contribution < -0.4 is 4.74 Å². The molecule has 1 aromatic carbocycles. The van der Waals surface area contributed by atoms with Gasteiger partial charge < -0.3 is 9.84 Å². The van der Waals surface area contributed by atoms with Crippen LogP contribution in [-0.2, 0) is 11.2 Å². The standard InChI is InChI=1S/C16H24O3/c1-4-5-10-19-16-11-14(8-9-15(16)18)7-6-12(2)13(3)17/h8-9,11-12,18H,4-7,10H2,1-3H3/t12-/m0/s1. The number of carbonyl (C=O) groups is 1. The molecule has 0 aromatic heterocycles. The molecule has 0 aliphatic carbocycles. The van der Waals surface area contributed by atoms with Crippen LogP contribution in [0.15, 0.2) is 18.2 Å². The number of unbranched alkanes of at least 4 members (excludes halogenated alkanes) is 1. The number of hydrogen-bond donors (Lipinski definition) is 1. The Morgan fingerprint density at radius 1 is 1.42 bits per heavy atom. The second-order valence-corrected chi connectivity index (χ2v) is 5.05. The van der Waals surface area contributed by atoms with E-state index < -0.39 is 0 Å². The zero-order chi connectivity index (χ0) is 14.3. The minimum absolute atomic E-state index is 0.0817. The highest BCUT2D eigenvalue weighted by molar-refractivity contribution is 5.77. The lowest BCUT2D eigenvalue weighted by molar-refractivity contribution is -0.120. The number of ether oxygens (including phenoxy) is 1. The van der Waals surface area contributed by atoms with Crippen molar-refractivity contribution in [2.24, 2.45) is 5.92 Å². The second kappa shape index (κ2) is 7.82. The summed E-state index contributed by atoms with van der Waals surface area (Å²) in [4.78, 5) is 11.2. The first kappa shape index (κ1) is 15.5. The predicted octanol–water partition coefficient (Wildman–Crippen LogP) is 3.73. The molecule has 3 heteroatoms. The van der Waals surface area contributed by atoms with E-state index in [-0.39, 0.29) is 17.5 Å². The van der Waals surface area contributed by atoms with Crippen LogP contribution >= 0.6 is 0 Å². The molecule has 0 radical (unpaired) electrons. The van der Waals surface area contributed by atoms with Gasteiger partial charge in [-0.2, -0.15) is 0 Å². The number of phenolic OH excluding ortho intramolecular Hbond substituents is 1. The maximum absolute atomic E-state index is 11.2. The molecule has 1 atom stereocenters. The average Bonchev–Trinajstić information content (AvgIpc) is 2.39. The molecule has 1 N–H and O–H groups in total. The normalized spacial score (nSPS) is 12.2. The van der Waals surface area contributed by atoms with Crippen LogP contribution in [0.1, 0.15) is 45.6 Å². The Bertz CT molecular complexity index is 412. The van der Waals surface area contributed by atoms with Gasteiger partial charge in [0.25, 0.3) is 0 Å². The van der Waals surface area contributed by atoms with Crippen molar-refractivity contribution in [1.82, 2.24) is 0 Å². The van der Waals surface area contributed by atoms with Crippen LogP contribution in [0.3, 0.4) is 0 Å². The van der Waals surface area contributed by atoms with E-state index in [1.165, 1.54) is 0 Å². The van der Waals surface area contributed by atoms with Crippen molar-refractivity contribution < 1.29 is 14.6 Å². The minimum atomic E-state index is 0.0817. The third-order valence-corrected chi connectivity index (χ3v) is 3.34. The van der Waals surface area contributed by atoms with Crippen LogP contribution in [0.4, 0.5) is 0 Å². The first-order valence-electron chi connectivity index (χ1n) is 6.99. The largest absolute Gasteiger partial charge is 0.504 e. The topological polar surface area (TPSA) is 46.5 Å². The third-order valence-electron chi connectivity index (χ3n) is 3.34. The monoisotopic (exact) mass is 264 g/mol. The van der Waals surface area contributed by atoms with Gasteiger partial charge in [-0.1, -0.05) is 26.3 Å². The number of hydrogen-bond acceptors (Lipinski definition) is 3. The Kier molecular flexibility index (Phi) is 6.40. The van der Waals surface area contributed by atoms with Gasteiger partial charge in [-0.15, -0.1) is 0 Å². The van der Waals surface area contributed by atoms with E-state index in [4.69, 9.17) is 4.74 Å². The van der Waals surface area contributed by atoms with E-state index in [1.807, 2.05) is 19.1 Å². The van der Waals surface area contributed by atoms with Crippen molar-refractivity contribution in [2.45, 2.75) is 46.5 Å². The van der Waals surface area contributed by atoms with Crippen LogP contribution in [0.2, 0.25) is 0 Å². The number of carbonyl (C=O) groups excluding carboxylic acids is 1. The maximum atomic E-state index is 11.2. The van der Waals surface area contributed by atoms with E-state index in [0.29, 0.717) is 12.4 Å². The molecule has 0 aliphatic heterocycles. The predicted molar refractivity (Wildman–Crippen MR) is 76.7 cm³/mol. The first-order chi connectivity index (χ1) is 9.04. The molecule has 0 saturated carbocycles. The summed E-state index contributed by atoms with van der Waals surface area (Å²) in [6.45, 7) is 6.29. The Hall–Kier alpha value is -1.51. The zero-order valence-corrected chi connectivity index (χ0v) is 12.1. The fraction of sp³-hybridized carbons (Fsp3) is 0.562. The number of phenols is 1. The lowest BCUT2D eigenvalue weighted by Gasteiger charge is -2.11. The van der Waals surface area contributed by atoms with Gasteiger partial charge in [0.15, 0.2) is 11.5 Å². The Labute approximate surface area is 115 Å².